The van der Waals surface area contributed by atoms with Crippen LogP contribution in [0, 0.1) is 11.3 Å². The number of carbonyl (C=O) groups excluding carboxylic acids is 1. The van der Waals surface area contributed by atoms with Crippen molar-refractivity contribution in [1.29, 1.82) is 5.26 Å². The molecule has 2 aromatic rings. The van der Waals surface area contributed by atoms with Gasteiger partial charge in [0.25, 0.3) is 0 Å². The van der Waals surface area contributed by atoms with E-state index in [1.165, 1.54) is 0 Å². The Morgan fingerprint density at radius 3 is 2.70 bits per heavy atom. The van der Waals surface area contributed by atoms with Crippen molar-refractivity contribution in [3.63, 3.8) is 0 Å². The molecule has 1 N–H and O–H groups in total. The lowest BCUT2D eigenvalue weighted by molar-refractivity contribution is -0.130. The Morgan fingerprint density at radius 2 is 1.93 bits per heavy atom. The Balaban J connectivity index is 1.43. The van der Waals surface area contributed by atoms with Crippen LogP contribution in [0.3, 0.4) is 0 Å². The number of nitrogens with zero attached hydrogens (tertiary/aromatic N) is 2. The third-order valence-electron chi connectivity index (χ3n) is 4.98. The van der Waals surface area contributed by atoms with E-state index < -0.39 is 0 Å². The Labute approximate surface area is 158 Å². The predicted octanol–water partition coefficient (Wildman–Crippen LogP) is 3.11. The van der Waals surface area contributed by atoms with E-state index in [0.29, 0.717) is 18.8 Å². The molecule has 0 unspecified atom stereocenters. The van der Waals surface area contributed by atoms with Crippen molar-refractivity contribution < 1.29 is 14.3 Å². The van der Waals surface area contributed by atoms with Gasteiger partial charge in [0.15, 0.2) is 11.5 Å². The van der Waals surface area contributed by atoms with Crippen molar-refractivity contribution in [2.45, 2.75) is 18.9 Å². The van der Waals surface area contributed by atoms with Crippen LogP contribution in [0.4, 0.5) is 5.69 Å². The molecule has 1 atom stereocenters. The van der Waals surface area contributed by atoms with E-state index in [4.69, 9.17) is 14.7 Å². The highest BCUT2D eigenvalue weighted by atomic mass is 16.6. The number of hydrogen-bond donors (Lipinski definition) is 1. The first-order valence-corrected chi connectivity index (χ1v) is 9.17. The van der Waals surface area contributed by atoms with Gasteiger partial charge >= 0.3 is 0 Å². The summed E-state index contributed by atoms with van der Waals surface area (Å²) >= 11 is 0. The standard InChI is InChI=1S/C21H21N3O3/c22-13-15-3-6-17(7-4-15)23-14-21(25)24-9-1-2-18(24)16-5-8-19-20(12-16)27-11-10-26-19/h3-8,12,18,23H,1-2,9-11,14H2/t18-/m1/s1. The van der Waals surface area contributed by atoms with Crippen LogP contribution in [0.15, 0.2) is 42.5 Å². The molecular weight excluding hydrogens is 342 g/mol. The number of carbonyl (C=O) groups is 1. The number of anilines is 1. The summed E-state index contributed by atoms with van der Waals surface area (Å²) in [5.74, 6) is 1.59. The van der Waals surface area contributed by atoms with E-state index >= 15 is 0 Å². The maximum atomic E-state index is 12.8. The van der Waals surface area contributed by atoms with E-state index in [0.717, 1.165) is 42.1 Å². The van der Waals surface area contributed by atoms with Crippen molar-refractivity contribution in [1.82, 2.24) is 4.90 Å². The monoisotopic (exact) mass is 363 g/mol. The number of fused-ring (bicyclic) bond motifs is 1. The molecule has 4 rings (SSSR count). The van der Waals surface area contributed by atoms with Crippen molar-refractivity contribution in [2.75, 3.05) is 31.6 Å². The zero-order valence-electron chi connectivity index (χ0n) is 15.0. The van der Waals surface area contributed by atoms with Gasteiger partial charge in [0.05, 0.1) is 24.2 Å². The SMILES string of the molecule is N#Cc1ccc(NCC(=O)N2CCC[C@@H]2c2ccc3c(c2)OCCO3)cc1. The summed E-state index contributed by atoms with van der Waals surface area (Å²) in [5, 5.41) is 12.0. The van der Waals surface area contributed by atoms with Gasteiger partial charge in [0.2, 0.25) is 5.91 Å². The van der Waals surface area contributed by atoms with Crippen LogP contribution in [-0.4, -0.2) is 37.1 Å². The largest absolute Gasteiger partial charge is 0.486 e. The number of benzene rings is 2. The van der Waals surface area contributed by atoms with Gasteiger partial charge in [-0.15, -0.1) is 0 Å². The lowest BCUT2D eigenvalue weighted by atomic mass is 10.0. The number of nitrogens with one attached hydrogen (secondary N) is 1. The molecule has 0 radical (unpaired) electrons. The first kappa shape index (κ1) is 17.2. The summed E-state index contributed by atoms with van der Waals surface area (Å²) in [7, 11) is 0. The minimum atomic E-state index is 0.0658. The van der Waals surface area contributed by atoms with Crippen LogP contribution in [-0.2, 0) is 4.79 Å². The highest BCUT2D eigenvalue weighted by Crippen LogP contribution is 2.38. The van der Waals surface area contributed by atoms with Crippen LogP contribution in [0.2, 0.25) is 0 Å². The summed E-state index contributed by atoms with van der Waals surface area (Å²) in [5.41, 5.74) is 2.52. The van der Waals surface area contributed by atoms with E-state index in [1.807, 2.05) is 35.2 Å². The molecule has 2 heterocycles. The Morgan fingerprint density at radius 1 is 1.15 bits per heavy atom. The molecule has 0 saturated carbocycles. The average molecular weight is 363 g/mol. The van der Waals surface area contributed by atoms with Gasteiger partial charge in [0, 0.05) is 12.2 Å². The maximum Gasteiger partial charge on any atom is 0.242 e. The maximum absolute atomic E-state index is 12.8. The summed E-state index contributed by atoms with van der Waals surface area (Å²) in [6.07, 6.45) is 1.93. The molecule has 6 nitrogen and oxygen atoms in total. The van der Waals surface area contributed by atoms with Crippen molar-refractivity contribution in [3.8, 4) is 17.6 Å². The van der Waals surface area contributed by atoms with Gasteiger partial charge in [-0.2, -0.15) is 5.26 Å². The lowest BCUT2D eigenvalue weighted by Crippen LogP contribution is -2.35. The Kier molecular flexibility index (Phi) is 4.84. The van der Waals surface area contributed by atoms with Crippen molar-refractivity contribution in [3.05, 3.63) is 53.6 Å². The minimum absolute atomic E-state index is 0.0658. The lowest BCUT2D eigenvalue weighted by Gasteiger charge is -2.27. The number of ether oxygens (including phenoxy) is 2. The molecule has 0 aromatic heterocycles. The van der Waals surface area contributed by atoms with Crippen molar-refractivity contribution in [2.24, 2.45) is 0 Å². The molecule has 0 aliphatic carbocycles. The molecule has 0 spiro atoms. The van der Waals surface area contributed by atoms with Gasteiger partial charge in [0.1, 0.15) is 13.2 Å². The fraction of sp³-hybridized carbons (Fsp3) is 0.333. The molecular formula is C21H21N3O3. The number of hydrogen-bond acceptors (Lipinski definition) is 5. The first-order valence-electron chi connectivity index (χ1n) is 9.17. The minimum Gasteiger partial charge on any atom is -0.486 e. The van der Waals surface area contributed by atoms with Crippen LogP contribution >= 0.6 is 0 Å². The second-order valence-electron chi connectivity index (χ2n) is 6.69. The molecule has 138 valence electrons. The van der Waals surface area contributed by atoms with Gasteiger partial charge in [-0.25, -0.2) is 0 Å². The normalized spacial score (nSPS) is 18.0. The van der Waals surface area contributed by atoms with Crippen LogP contribution in [0.5, 0.6) is 11.5 Å². The summed E-state index contributed by atoms with van der Waals surface area (Å²) in [4.78, 5) is 14.7. The number of rotatable bonds is 4. The fourth-order valence-electron chi connectivity index (χ4n) is 3.62. The molecule has 0 bridgehead atoms. The van der Waals surface area contributed by atoms with E-state index in [2.05, 4.69) is 11.4 Å². The zero-order chi connectivity index (χ0) is 18.6. The van der Waals surface area contributed by atoms with Gasteiger partial charge in [-0.05, 0) is 54.8 Å². The van der Waals surface area contributed by atoms with Crippen molar-refractivity contribution >= 4 is 11.6 Å². The molecule has 1 amide bonds. The second-order valence-corrected chi connectivity index (χ2v) is 6.69. The Hall–Kier alpha value is -3.20. The molecule has 2 aromatic carbocycles. The van der Waals surface area contributed by atoms with Crippen LogP contribution in [0.1, 0.15) is 30.0 Å². The highest BCUT2D eigenvalue weighted by molar-refractivity contribution is 5.81. The summed E-state index contributed by atoms with van der Waals surface area (Å²) in [6, 6.07) is 15.2. The van der Waals surface area contributed by atoms with Gasteiger partial charge < -0.3 is 19.7 Å². The quantitative estimate of drug-likeness (QED) is 0.903. The van der Waals surface area contributed by atoms with E-state index in [-0.39, 0.29) is 18.5 Å². The number of likely N-dealkylation sites (tertiary alicyclic amines) is 1. The number of nitriles is 1. The molecule has 1 fully saturated rings. The van der Waals surface area contributed by atoms with Crippen LogP contribution < -0.4 is 14.8 Å². The van der Waals surface area contributed by atoms with E-state index in [1.54, 1.807) is 12.1 Å². The number of amides is 1. The third-order valence-corrected chi connectivity index (χ3v) is 4.98. The molecule has 1 saturated heterocycles. The van der Waals surface area contributed by atoms with Gasteiger partial charge in [-0.3, -0.25) is 4.79 Å². The van der Waals surface area contributed by atoms with Crippen LogP contribution in [0.25, 0.3) is 0 Å². The second kappa shape index (κ2) is 7.58. The zero-order valence-corrected chi connectivity index (χ0v) is 15.0. The molecule has 2 aliphatic rings. The highest BCUT2D eigenvalue weighted by Gasteiger charge is 2.30. The first-order chi connectivity index (χ1) is 13.2. The predicted molar refractivity (Wildman–Crippen MR) is 101 cm³/mol. The summed E-state index contributed by atoms with van der Waals surface area (Å²) in [6.45, 7) is 2.11. The fourth-order valence-corrected chi connectivity index (χ4v) is 3.62. The third kappa shape index (κ3) is 3.68. The average Bonchev–Trinajstić information content (AvgIpc) is 3.22. The van der Waals surface area contributed by atoms with E-state index in [9.17, 15) is 4.79 Å². The summed E-state index contributed by atoms with van der Waals surface area (Å²) < 4.78 is 11.3. The molecule has 2 aliphatic heterocycles. The topological polar surface area (TPSA) is 74.6 Å². The molecule has 27 heavy (non-hydrogen) atoms. The smallest absolute Gasteiger partial charge is 0.242 e. The Bertz CT molecular complexity index is 873. The van der Waals surface area contributed by atoms with Gasteiger partial charge in [-0.1, -0.05) is 6.07 Å². The molecule has 6 heteroatoms.